The standard InChI is InChI=1S/C62H103NO10/c1-4-7-10-13-16-19-22-24-26-27-28-29-30-32-35-38-41-44-47-50-57(67)73-60-59(69)58(68)56(51-64)72-62(60)71-52-53(54(65)48-45-42-39-36-33-21-18-15-12-9-6-3)63-61(70)55(66)49-46-43-40-37-34-31-25-23-20-17-14-11-8-5-2/h7,10,16-17,19-20,23-26,28-29,32,35,41,44-45,48,53-56,58-60,62,64-66,68-69H,4-6,8-9,11-15,18,21-22,27,30-31,33-34,36-40,42-43,46-47,49-52H2,1-3H3,(H,63,70)/b10-7-,19-16-,20-17+,25-23+,26-24-,29-28-,35-32-,44-41-,48-45+. The topological polar surface area (TPSA) is 175 Å². The fourth-order valence-corrected chi connectivity index (χ4v) is 8.14. The number of amides is 1. The number of esters is 1. The number of unbranched alkanes of at least 4 members (excludes halogenated alkanes) is 17. The molecule has 1 saturated heterocycles. The molecular formula is C62H103NO10. The van der Waals surface area contributed by atoms with Crippen LogP contribution in [0.2, 0.25) is 0 Å². The molecule has 0 aromatic rings. The second kappa shape index (κ2) is 49.2. The second-order valence-corrected chi connectivity index (χ2v) is 19.3. The lowest BCUT2D eigenvalue weighted by molar-refractivity contribution is -0.305. The smallest absolute Gasteiger partial charge is 0.306 e. The molecule has 1 aliphatic rings. The van der Waals surface area contributed by atoms with E-state index in [1.807, 2.05) is 18.2 Å². The number of rotatable bonds is 46. The van der Waals surface area contributed by atoms with Crippen molar-refractivity contribution >= 4 is 11.9 Å². The molecule has 0 aromatic carbocycles. The van der Waals surface area contributed by atoms with Crippen molar-refractivity contribution in [3.63, 3.8) is 0 Å². The fraction of sp³-hybridized carbons (Fsp3) is 0.677. The minimum Gasteiger partial charge on any atom is -0.454 e. The van der Waals surface area contributed by atoms with Gasteiger partial charge in [-0.3, -0.25) is 9.59 Å². The van der Waals surface area contributed by atoms with E-state index in [2.05, 4.69) is 111 Å². The van der Waals surface area contributed by atoms with Crippen molar-refractivity contribution in [3.8, 4) is 0 Å². The first kappa shape index (κ1) is 67.3. The van der Waals surface area contributed by atoms with Gasteiger partial charge in [-0.05, 0) is 89.9 Å². The van der Waals surface area contributed by atoms with E-state index in [1.165, 1.54) is 57.8 Å². The summed E-state index contributed by atoms with van der Waals surface area (Å²) in [5.74, 6) is -1.31. The highest BCUT2D eigenvalue weighted by molar-refractivity contribution is 5.80. The minimum atomic E-state index is -1.65. The molecule has 8 unspecified atom stereocenters. The van der Waals surface area contributed by atoms with Crippen LogP contribution < -0.4 is 5.32 Å². The molecular weight excluding hydrogens is 919 g/mol. The molecule has 0 saturated carbocycles. The molecule has 0 bridgehead atoms. The summed E-state index contributed by atoms with van der Waals surface area (Å²) in [5, 5.41) is 56.7. The summed E-state index contributed by atoms with van der Waals surface area (Å²) in [4.78, 5) is 26.4. The van der Waals surface area contributed by atoms with Gasteiger partial charge in [0, 0.05) is 6.42 Å². The molecule has 8 atom stereocenters. The molecule has 1 aliphatic heterocycles. The van der Waals surface area contributed by atoms with Crippen molar-refractivity contribution in [2.75, 3.05) is 13.2 Å². The fourth-order valence-electron chi connectivity index (χ4n) is 8.14. The van der Waals surface area contributed by atoms with Crippen LogP contribution in [0.4, 0.5) is 0 Å². The molecule has 0 radical (unpaired) electrons. The van der Waals surface area contributed by atoms with Gasteiger partial charge in [-0.15, -0.1) is 0 Å². The number of carbonyl (C=O) groups is 2. The van der Waals surface area contributed by atoms with E-state index in [0.29, 0.717) is 19.3 Å². The van der Waals surface area contributed by atoms with Gasteiger partial charge < -0.3 is 45.1 Å². The molecule has 6 N–H and O–H groups in total. The molecule has 0 aliphatic carbocycles. The van der Waals surface area contributed by atoms with Gasteiger partial charge in [-0.1, -0.05) is 220 Å². The number of allylic oxidation sites excluding steroid dienone is 17. The minimum absolute atomic E-state index is 0.00879. The molecule has 73 heavy (non-hydrogen) atoms. The lowest BCUT2D eigenvalue weighted by Gasteiger charge is -2.41. The summed E-state index contributed by atoms with van der Waals surface area (Å²) in [6.07, 6.45) is 55.7. The van der Waals surface area contributed by atoms with E-state index < -0.39 is 67.4 Å². The summed E-state index contributed by atoms with van der Waals surface area (Å²) >= 11 is 0. The van der Waals surface area contributed by atoms with Crippen molar-refractivity contribution < 1.29 is 49.3 Å². The first-order chi connectivity index (χ1) is 35.7. The van der Waals surface area contributed by atoms with Crippen LogP contribution in [0.15, 0.2) is 109 Å². The maximum Gasteiger partial charge on any atom is 0.306 e. The lowest BCUT2D eigenvalue weighted by Crippen LogP contribution is -2.61. The highest BCUT2D eigenvalue weighted by Gasteiger charge is 2.47. The van der Waals surface area contributed by atoms with Gasteiger partial charge in [0.15, 0.2) is 12.4 Å². The molecule has 1 rings (SSSR count). The van der Waals surface area contributed by atoms with E-state index in [0.717, 1.165) is 96.3 Å². The number of ether oxygens (including phenoxy) is 3. The number of hydrogen-bond acceptors (Lipinski definition) is 10. The van der Waals surface area contributed by atoms with Crippen LogP contribution in [0.1, 0.15) is 207 Å². The van der Waals surface area contributed by atoms with Crippen molar-refractivity contribution in [1.29, 1.82) is 0 Å². The molecule has 11 nitrogen and oxygen atoms in total. The second-order valence-electron chi connectivity index (χ2n) is 19.3. The summed E-state index contributed by atoms with van der Waals surface area (Å²) in [6.45, 7) is 5.56. The van der Waals surface area contributed by atoms with E-state index in [4.69, 9.17) is 14.2 Å². The van der Waals surface area contributed by atoms with Crippen LogP contribution in [0.3, 0.4) is 0 Å². The van der Waals surface area contributed by atoms with Gasteiger partial charge in [0.2, 0.25) is 5.91 Å². The lowest BCUT2D eigenvalue weighted by atomic mass is 9.99. The third-order valence-corrected chi connectivity index (χ3v) is 12.7. The van der Waals surface area contributed by atoms with Crippen LogP contribution >= 0.6 is 0 Å². The van der Waals surface area contributed by atoms with Gasteiger partial charge >= 0.3 is 5.97 Å². The maximum absolute atomic E-state index is 13.4. The summed E-state index contributed by atoms with van der Waals surface area (Å²) in [5.41, 5.74) is 0. The van der Waals surface area contributed by atoms with Crippen molar-refractivity contribution in [1.82, 2.24) is 5.32 Å². The van der Waals surface area contributed by atoms with Crippen LogP contribution in [0.5, 0.6) is 0 Å². The highest BCUT2D eigenvalue weighted by atomic mass is 16.7. The molecule has 1 heterocycles. The third kappa shape index (κ3) is 37.7. The zero-order valence-corrected chi connectivity index (χ0v) is 45.7. The normalized spacial score (nSPS) is 20.2. The zero-order chi connectivity index (χ0) is 53.3. The Balaban J connectivity index is 2.78. The maximum atomic E-state index is 13.4. The third-order valence-electron chi connectivity index (χ3n) is 12.7. The SMILES string of the molecule is CC/C=C\C/C=C\C/C=C\C/C=C\C/C=C\C/C=C\CCC(=O)OC1C(OCC(NC(=O)C(O)CCCCCCC/C=C/C=C/CCCCC)C(O)/C=C/CCCCCCCCCCC)OC(CO)C(O)C1O. The summed E-state index contributed by atoms with van der Waals surface area (Å²) in [6, 6.07) is -1.05. The number of aliphatic hydroxyl groups is 5. The molecule has 11 heteroatoms. The Labute approximate surface area is 443 Å². The average molecular weight is 1020 g/mol. The van der Waals surface area contributed by atoms with Crippen LogP contribution in [0.25, 0.3) is 0 Å². The first-order valence-electron chi connectivity index (χ1n) is 28.7. The number of nitrogens with one attached hydrogen (secondary N) is 1. The number of hydrogen-bond donors (Lipinski definition) is 6. The van der Waals surface area contributed by atoms with Gasteiger partial charge in [0.25, 0.3) is 0 Å². The van der Waals surface area contributed by atoms with Crippen LogP contribution in [0, 0.1) is 0 Å². The average Bonchev–Trinajstić information content (AvgIpc) is 3.39. The predicted octanol–water partition coefficient (Wildman–Crippen LogP) is 12.9. The quantitative estimate of drug-likeness (QED) is 0.0149. The Morgan fingerprint density at radius 2 is 1.03 bits per heavy atom. The Morgan fingerprint density at radius 1 is 0.562 bits per heavy atom. The van der Waals surface area contributed by atoms with Crippen molar-refractivity contribution in [2.24, 2.45) is 0 Å². The largest absolute Gasteiger partial charge is 0.454 e. The zero-order valence-electron chi connectivity index (χ0n) is 45.7. The molecule has 416 valence electrons. The van der Waals surface area contributed by atoms with Crippen LogP contribution in [-0.2, 0) is 23.8 Å². The summed E-state index contributed by atoms with van der Waals surface area (Å²) < 4.78 is 17.5. The van der Waals surface area contributed by atoms with Gasteiger partial charge in [-0.25, -0.2) is 0 Å². The molecule has 1 amide bonds. The Morgan fingerprint density at radius 3 is 1.56 bits per heavy atom. The highest BCUT2D eigenvalue weighted by Crippen LogP contribution is 2.26. The van der Waals surface area contributed by atoms with Gasteiger partial charge in [0.05, 0.1) is 25.4 Å². The number of carbonyl (C=O) groups excluding carboxylic acids is 2. The van der Waals surface area contributed by atoms with E-state index in [1.54, 1.807) is 6.08 Å². The van der Waals surface area contributed by atoms with E-state index in [-0.39, 0.29) is 19.4 Å². The van der Waals surface area contributed by atoms with Crippen molar-refractivity contribution in [3.05, 3.63) is 109 Å². The predicted molar refractivity (Wildman–Crippen MR) is 301 cm³/mol. The first-order valence-corrected chi connectivity index (χ1v) is 28.7. The molecule has 0 aromatic heterocycles. The van der Waals surface area contributed by atoms with Gasteiger partial charge in [-0.2, -0.15) is 0 Å². The van der Waals surface area contributed by atoms with Gasteiger partial charge in [0.1, 0.15) is 24.4 Å². The Bertz CT molecular complexity index is 1600. The Kier molecular flexibility index (Phi) is 45.4. The van der Waals surface area contributed by atoms with Crippen LogP contribution in [-0.4, -0.2) is 99.6 Å². The van der Waals surface area contributed by atoms with E-state index >= 15 is 0 Å². The molecule has 0 spiro atoms. The number of aliphatic hydroxyl groups excluding tert-OH is 5. The monoisotopic (exact) mass is 1020 g/mol. The molecule has 1 fully saturated rings. The Hall–Kier alpha value is -3.68. The van der Waals surface area contributed by atoms with E-state index in [9.17, 15) is 35.1 Å². The van der Waals surface area contributed by atoms with Crippen molar-refractivity contribution in [2.45, 2.75) is 256 Å². The summed E-state index contributed by atoms with van der Waals surface area (Å²) in [7, 11) is 0.